The molecule has 0 saturated heterocycles. The molecule has 0 aliphatic carbocycles. The second-order valence-corrected chi connectivity index (χ2v) is 5.53. The molecular weight excluding hydrogens is 270 g/mol. The van der Waals surface area contributed by atoms with E-state index in [1.165, 1.54) is 21.8 Å². The van der Waals surface area contributed by atoms with Crippen LogP contribution in [0.3, 0.4) is 0 Å². The molecule has 0 N–H and O–H groups in total. The first kappa shape index (κ1) is 14.0. The Labute approximate surface area is 126 Å². The number of hydrogen-bond acceptors (Lipinski definition) is 0. The number of rotatable bonds is 4. The van der Waals surface area contributed by atoms with Crippen molar-refractivity contribution in [2.24, 2.45) is 0 Å². The zero-order chi connectivity index (χ0) is 10.3. The quantitative estimate of drug-likeness (QED) is 0.757. The molecule has 0 aliphatic heterocycles. The molecule has 2 aromatic rings. The summed E-state index contributed by atoms with van der Waals surface area (Å²) in [5.74, 6) is 0. The Morgan fingerprint density at radius 3 is 1.38 bits per heavy atom. The first-order valence-electron chi connectivity index (χ1n) is 5.11. The summed E-state index contributed by atoms with van der Waals surface area (Å²) in [5.41, 5.74) is 2.93. The summed E-state index contributed by atoms with van der Waals surface area (Å²) in [4.78, 5) is 0. The van der Waals surface area contributed by atoms with Gasteiger partial charge in [-0.15, -0.1) is 0 Å². The molecule has 0 aliphatic rings. The van der Waals surface area contributed by atoms with Crippen molar-refractivity contribution in [1.82, 2.24) is 0 Å². The summed E-state index contributed by atoms with van der Waals surface area (Å²) in [6, 6.07) is 21.5. The van der Waals surface area contributed by atoms with Crippen LogP contribution in [0.1, 0.15) is 11.1 Å². The normalized spacial score (nSPS) is 9.50. The zero-order valence-corrected chi connectivity index (χ0v) is 10.3. The molecule has 16 heavy (non-hydrogen) atoms. The Hall–Kier alpha value is -0.0405. The van der Waals surface area contributed by atoms with E-state index in [0.29, 0.717) is 15.0 Å². The molecule has 0 nitrogen and oxygen atoms in total. The second-order valence-electron chi connectivity index (χ2n) is 3.46. The maximum atomic E-state index is 2.22. The Morgan fingerprint density at radius 1 is 0.625 bits per heavy atom. The molecule has 0 heterocycles. The third-order valence-corrected chi connectivity index (χ3v) is 4.48. The summed E-state index contributed by atoms with van der Waals surface area (Å²) in [7, 11) is 0. The third kappa shape index (κ3) is 4.86. The predicted octanol–water partition coefficient (Wildman–Crippen LogP) is 2.44. The van der Waals surface area contributed by atoms with E-state index in [4.69, 9.17) is 0 Å². The fraction of sp³-hybridized carbons (Fsp3) is 0.143. The van der Waals surface area contributed by atoms with Crippen molar-refractivity contribution >= 4 is 44.5 Å². The van der Waals surface area contributed by atoms with Crippen molar-refractivity contribution in [2.75, 3.05) is 0 Å². The molecular formula is C14H15NaSe. The van der Waals surface area contributed by atoms with Gasteiger partial charge in [-0.25, -0.2) is 0 Å². The molecule has 2 rings (SSSR count). The Morgan fingerprint density at radius 2 is 1.00 bits per heavy atom. The van der Waals surface area contributed by atoms with Crippen molar-refractivity contribution in [3.05, 3.63) is 71.8 Å². The molecule has 2 heteroatoms. The summed E-state index contributed by atoms with van der Waals surface area (Å²) in [6.45, 7) is 0. The maximum absolute atomic E-state index is 2.22. The van der Waals surface area contributed by atoms with E-state index in [-0.39, 0.29) is 29.6 Å². The van der Waals surface area contributed by atoms with Crippen molar-refractivity contribution in [3.63, 3.8) is 0 Å². The first-order chi connectivity index (χ1) is 7.45. The standard InChI is InChI=1S/C14H14Se.Na.H/c1-3-7-13(8-4-1)11-15-12-14-9-5-2-6-10-14;;/h1-10H,11-12H2;;. The molecule has 0 unspecified atom stereocenters. The Kier molecular flexibility index (Phi) is 7.11. The van der Waals surface area contributed by atoms with Crippen LogP contribution in [0, 0.1) is 0 Å². The van der Waals surface area contributed by atoms with Gasteiger partial charge in [-0.3, -0.25) is 0 Å². The van der Waals surface area contributed by atoms with Gasteiger partial charge in [0.2, 0.25) is 0 Å². The van der Waals surface area contributed by atoms with Gasteiger partial charge in [0.1, 0.15) is 0 Å². The van der Waals surface area contributed by atoms with E-state index in [0.717, 1.165) is 0 Å². The van der Waals surface area contributed by atoms with Gasteiger partial charge in [0.15, 0.2) is 0 Å². The molecule has 0 radical (unpaired) electrons. The van der Waals surface area contributed by atoms with E-state index in [2.05, 4.69) is 60.7 Å². The van der Waals surface area contributed by atoms with Gasteiger partial charge in [0.25, 0.3) is 0 Å². The molecule has 0 fully saturated rings. The summed E-state index contributed by atoms with van der Waals surface area (Å²) in [5, 5.41) is 2.48. The minimum absolute atomic E-state index is 0. The van der Waals surface area contributed by atoms with E-state index in [1.54, 1.807) is 0 Å². The van der Waals surface area contributed by atoms with Crippen molar-refractivity contribution in [3.8, 4) is 0 Å². The number of benzene rings is 2. The van der Waals surface area contributed by atoms with Gasteiger partial charge in [0.05, 0.1) is 0 Å². The van der Waals surface area contributed by atoms with Crippen LogP contribution in [0.2, 0.25) is 0 Å². The van der Waals surface area contributed by atoms with E-state index < -0.39 is 0 Å². The first-order valence-corrected chi connectivity index (χ1v) is 7.53. The van der Waals surface area contributed by atoms with Gasteiger partial charge in [-0.05, 0) is 0 Å². The fourth-order valence-corrected chi connectivity index (χ4v) is 3.45. The average Bonchev–Trinajstić information content (AvgIpc) is 2.32. The van der Waals surface area contributed by atoms with Crippen LogP contribution >= 0.6 is 0 Å². The molecule has 78 valence electrons. The van der Waals surface area contributed by atoms with Crippen molar-refractivity contribution in [2.45, 2.75) is 10.6 Å². The van der Waals surface area contributed by atoms with Gasteiger partial charge in [-0.2, -0.15) is 0 Å². The van der Waals surface area contributed by atoms with Gasteiger partial charge < -0.3 is 0 Å². The third-order valence-electron chi connectivity index (χ3n) is 2.22. The summed E-state index contributed by atoms with van der Waals surface area (Å²) < 4.78 is 0. The van der Waals surface area contributed by atoms with E-state index in [9.17, 15) is 0 Å². The van der Waals surface area contributed by atoms with Gasteiger partial charge in [-0.1, -0.05) is 0 Å². The summed E-state index contributed by atoms with van der Waals surface area (Å²) in [6.07, 6.45) is 0. The van der Waals surface area contributed by atoms with E-state index in [1.807, 2.05) is 0 Å². The summed E-state index contributed by atoms with van der Waals surface area (Å²) >= 11 is 0.683. The van der Waals surface area contributed by atoms with E-state index >= 15 is 0 Å². The number of hydrogen-bond donors (Lipinski definition) is 0. The molecule has 0 saturated carbocycles. The topological polar surface area (TPSA) is 0 Å². The Balaban J connectivity index is 0.00000128. The van der Waals surface area contributed by atoms with Crippen molar-refractivity contribution < 1.29 is 0 Å². The second kappa shape index (κ2) is 8.11. The minimum atomic E-state index is 0. The van der Waals surface area contributed by atoms with Gasteiger partial charge in [0, 0.05) is 0 Å². The van der Waals surface area contributed by atoms with Crippen LogP contribution in [-0.4, -0.2) is 44.5 Å². The van der Waals surface area contributed by atoms with Crippen LogP contribution in [0.25, 0.3) is 0 Å². The molecule has 2 aromatic carbocycles. The van der Waals surface area contributed by atoms with Crippen LogP contribution in [-0.2, 0) is 10.6 Å². The van der Waals surface area contributed by atoms with Crippen LogP contribution < -0.4 is 0 Å². The fourth-order valence-electron chi connectivity index (χ4n) is 1.44. The van der Waals surface area contributed by atoms with Crippen LogP contribution in [0.15, 0.2) is 60.7 Å². The van der Waals surface area contributed by atoms with Gasteiger partial charge >= 0.3 is 127 Å². The predicted molar refractivity (Wildman–Crippen MR) is 73.2 cm³/mol. The van der Waals surface area contributed by atoms with Crippen LogP contribution in [0.5, 0.6) is 0 Å². The SMILES string of the molecule is [NaH].c1ccc(C[Se]Cc2ccccc2)cc1. The zero-order valence-electron chi connectivity index (χ0n) is 8.60. The average molecular weight is 285 g/mol. The Bertz CT molecular complexity index is 346. The molecule has 0 aromatic heterocycles. The molecule has 0 spiro atoms. The molecule has 0 atom stereocenters. The van der Waals surface area contributed by atoms with Crippen molar-refractivity contribution in [1.29, 1.82) is 0 Å². The molecule has 0 amide bonds. The molecule has 0 bridgehead atoms. The van der Waals surface area contributed by atoms with Crippen LogP contribution in [0.4, 0.5) is 0 Å². The monoisotopic (exact) mass is 286 g/mol.